The molecule has 0 spiro atoms. The van der Waals surface area contributed by atoms with Crippen LogP contribution in [0.4, 0.5) is 10.1 Å². The van der Waals surface area contributed by atoms with Gasteiger partial charge in [-0.3, -0.25) is 9.69 Å². The van der Waals surface area contributed by atoms with Crippen LogP contribution in [0.1, 0.15) is 51.0 Å². The van der Waals surface area contributed by atoms with E-state index < -0.39 is 0 Å². The Bertz CT molecular complexity index is 981. The van der Waals surface area contributed by atoms with Crippen molar-refractivity contribution in [2.45, 2.75) is 51.5 Å². The van der Waals surface area contributed by atoms with Gasteiger partial charge >= 0.3 is 0 Å². The van der Waals surface area contributed by atoms with Gasteiger partial charge in [0.25, 0.3) is 5.91 Å². The first-order valence-corrected chi connectivity index (χ1v) is 11.8. The van der Waals surface area contributed by atoms with Crippen LogP contribution in [-0.2, 0) is 4.79 Å². The van der Waals surface area contributed by atoms with Gasteiger partial charge in [-0.05, 0) is 66.9 Å². The molecular weight excluding hydrogens is 411 g/mol. The van der Waals surface area contributed by atoms with E-state index in [2.05, 4.69) is 11.9 Å². The molecule has 1 saturated heterocycles. The lowest BCUT2D eigenvalue weighted by molar-refractivity contribution is -0.124. The summed E-state index contributed by atoms with van der Waals surface area (Å²) in [5.74, 6) is 0.394. The number of nitrogens with zero attached hydrogens (tertiary/aromatic N) is 2. The van der Waals surface area contributed by atoms with Crippen LogP contribution in [0.3, 0.4) is 0 Å². The summed E-state index contributed by atoms with van der Waals surface area (Å²) in [7, 11) is 0. The molecule has 2 fully saturated rings. The van der Waals surface area contributed by atoms with Gasteiger partial charge in [-0.1, -0.05) is 50.5 Å². The summed E-state index contributed by atoms with van der Waals surface area (Å²) in [6, 6.07) is 14.3. The maximum atomic E-state index is 14.2. The van der Waals surface area contributed by atoms with Crippen LogP contribution in [0.2, 0.25) is 0 Å². The van der Waals surface area contributed by atoms with Crippen molar-refractivity contribution in [1.29, 1.82) is 0 Å². The molecule has 4 nitrogen and oxygen atoms in total. The van der Waals surface area contributed by atoms with Crippen molar-refractivity contribution in [2.75, 3.05) is 6.61 Å². The number of halogens is 1. The van der Waals surface area contributed by atoms with Crippen LogP contribution in [0, 0.1) is 5.82 Å². The minimum absolute atomic E-state index is 0.0432. The summed E-state index contributed by atoms with van der Waals surface area (Å²) < 4.78 is 19.9. The van der Waals surface area contributed by atoms with Gasteiger partial charge in [-0.15, -0.1) is 0 Å². The highest BCUT2D eigenvalue weighted by Crippen LogP contribution is 2.38. The van der Waals surface area contributed by atoms with Gasteiger partial charge in [-0.25, -0.2) is 9.38 Å². The molecular formula is C25H27FN2O2S. The van der Waals surface area contributed by atoms with Crippen molar-refractivity contribution in [2.24, 2.45) is 4.99 Å². The zero-order chi connectivity index (χ0) is 21.6. The molecule has 31 heavy (non-hydrogen) atoms. The number of amidine groups is 1. The first-order chi connectivity index (χ1) is 15.2. The maximum absolute atomic E-state index is 14.2. The van der Waals surface area contributed by atoms with Crippen LogP contribution in [0.5, 0.6) is 5.75 Å². The zero-order valence-electron chi connectivity index (χ0n) is 17.7. The number of carbonyl (C=O) groups excluding carboxylic acids is 1. The molecule has 0 radical (unpaired) electrons. The Kier molecular flexibility index (Phi) is 7.07. The number of hydrogen-bond acceptors (Lipinski definition) is 4. The molecule has 2 aromatic carbocycles. The summed E-state index contributed by atoms with van der Waals surface area (Å²) in [6.45, 7) is 2.75. The second-order valence-electron chi connectivity index (χ2n) is 7.84. The Hall–Kier alpha value is -2.60. The molecule has 0 bridgehead atoms. The second-order valence-corrected chi connectivity index (χ2v) is 8.85. The summed E-state index contributed by atoms with van der Waals surface area (Å²) in [4.78, 5) is 20.3. The summed E-state index contributed by atoms with van der Waals surface area (Å²) in [5, 5.41) is 0.566. The predicted molar refractivity (Wildman–Crippen MR) is 125 cm³/mol. The van der Waals surface area contributed by atoms with Crippen LogP contribution in [0.25, 0.3) is 6.08 Å². The Morgan fingerprint density at radius 1 is 1.13 bits per heavy atom. The number of thioether (sulfide) groups is 1. The predicted octanol–water partition coefficient (Wildman–Crippen LogP) is 6.55. The van der Waals surface area contributed by atoms with E-state index in [4.69, 9.17) is 4.74 Å². The summed E-state index contributed by atoms with van der Waals surface area (Å²) in [5.41, 5.74) is 1.19. The minimum atomic E-state index is -0.383. The Balaban J connectivity index is 1.63. The largest absolute Gasteiger partial charge is 0.494 e. The maximum Gasteiger partial charge on any atom is 0.267 e. The Morgan fingerprint density at radius 2 is 1.87 bits per heavy atom. The lowest BCUT2D eigenvalue weighted by Crippen LogP contribution is -2.40. The number of amides is 1. The highest BCUT2D eigenvalue weighted by atomic mass is 32.2. The lowest BCUT2D eigenvalue weighted by atomic mass is 9.94. The van der Waals surface area contributed by atoms with Crippen molar-refractivity contribution >= 4 is 34.6 Å². The molecule has 6 heteroatoms. The van der Waals surface area contributed by atoms with Crippen molar-refractivity contribution in [1.82, 2.24) is 4.90 Å². The van der Waals surface area contributed by atoms with E-state index in [0.29, 0.717) is 16.7 Å². The fourth-order valence-corrected chi connectivity index (χ4v) is 4.95. The molecule has 2 aromatic rings. The third kappa shape index (κ3) is 5.18. The fourth-order valence-electron chi connectivity index (χ4n) is 3.90. The van der Waals surface area contributed by atoms with Gasteiger partial charge in [0.1, 0.15) is 17.3 Å². The van der Waals surface area contributed by atoms with Gasteiger partial charge in [0.2, 0.25) is 0 Å². The number of hydrogen-bond donors (Lipinski definition) is 0. The Morgan fingerprint density at radius 3 is 2.58 bits per heavy atom. The second kappa shape index (κ2) is 10.1. The molecule has 4 rings (SSSR count). The molecule has 162 valence electrons. The molecule has 0 N–H and O–H groups in total. The number of aliphatic imine (C=N–C) groups is 1. The minimum Gasteiger partial charge on any atom is -0.494 e. The molecule has 0 unspecified atom stereocenters. The monoisotopic (exact) mass is 438 g/mol. The van der Waals surface area contributed by atoms with Crippen LogP contribution in [0.15, 0.2) is 58.4 Å². The zero-order valence-corrected chi connectivity index (χ0v) is 18.5. The van der Waals surface area contributed by atoms with Crippen molar-refractivity contribution in [3.8, 4) is 5.75 Å². The molecule has 1 amide bonds. The topological polar surface area (TPSA) is 41.9 Å². The average Bonchev–Trinajstić information content (AvgIpc) is 3.10. The van der Waals surface area contributed by atoms with Gasteiger partial charge in [0, 0.05) is 6.04 Å². The third-order valence-corrected chi connectivity index (χ3v) is 6.48. The number of ether oxygens (including phenoxy) is 1. The van der Waals surface area contributed by atoms with E-state index in [1.807, 2.05) is 30.3 Å². The quantitative estimate of drug-likeness (QED) is 0.480. The van der Waals surface area contributed by atoms with Gasteiger partial charge in [0.05, 0.1) is 11.5 Å². The summed E-state index contributed by atoms with van der Waals surface area (Å²) in [6.07, 6.45) is 8.16. The molecule has 0 atom stereocenters. The molecule has 0 aromatic heterocycles. The van der Waals surface area contributed by atoms with E-state index in [9.17, 15) is 9.18 Å². The van der Waals surface area contributed by atoms with Gasteiger partial charge in [-0.2, -0.15) is 0 Å². The standard InChI is InChI=1S/C25H27FN2O2S/c1-2-16-30-20-14-12-18(13-15-20)17-23-24(29)28(19-8-4-3-5-9-19)25(31-23)27-22-11-7-6-10-21(22)26/h6-7,10-15,17,19H,2-5,8-9,16H2,1H3/b23-17-,27-25?. The van der Waals surface area contributed by atoms with E-state index in [1.165, 1.54) is 24.2 Å². The van der Waals surface area contributed by atoms with Crippen molar-refractivity contribution < 1.29 is 13.9 Å². The van der Waals surface area contributed by atoms with E-state index in [-0.39, 0.29) is 23.5 Å². The molecule has 1 aliphatic heterocycles. The molecule has 1 saturated carbocycles. The highest BCUT2D eigenvalue weighted by Gasteiger charge is 2.38. The molecule has 2 aliphatic rings. The fraction of sp³-hybridized carbons (Fsp3) is 0.360. The van der Waals surface area contributed by atoms with E-state index >= 15 is 0 Å². The van der Waals surface area contributed by atoms with E-state index in [0.717, 1.165) is 43.4 Å². The van der Waals surface area contributed by atoms with Crippen molar-refractivity contribution in [3.63, 3.8) is 0 Å². The smallest absolute Gasteiger partial charge is 0.267 e. The molecule has 1 aliphatic carbocycles. The van der Waals surface area contributed by atoms with Crippen LogP contribution < -0.4 is 4.74 Å². The van der Waals surface area contributed by atoms with Gasteiger partial charge in [0.15, 0.2) is 5.17 Å². The van der Waals surface area contributed by atoms with Gasteiger partial charge < -0.3 is 4.74 Å². The van der Waals surface area contributed by atoms with Crippen molar-refractivity contribution in [3.05, 3.63) is 64.8 Å². The van der Waals surface area contributed by atoms with Crippen LogP contribution >= 0.6 is 11.8 Å². The SMILES string of the molecule is CCCOc1ccc(/C=C2\SC(=Nc3ccccc3F)N(C3CCCCC3)C2=O)cc1. The number of para-hydroxylation sites is 1. The van der Waals surface area contributed by atoms with Crippen LogP contribution in [-0.4, -0.2) is 28.6 Å². The Labute approximate surface area is 187 Å². The van der Waals surface area contributed by atoms with E-state index in [1.54, 1.807) is 23.1 Å². The summed E-state index contributed by atoms with van der Waals surface area (Å²) >= 11 is 1.33. The highest BCUT2D eigenvalue weighted by molar-refractivity contribution is 8.18. The number of carbonyl (C=O) groups is 1. The number of benzene rings is 2. The molecule has 1 heterocycles. The normalized spacial score (nSPS) is 20.1. The third-order valence-electron chi connectivity index (χ3n) is 5.50. The number of rotatable bonds is 6. The first-order valence-electron chi connectivity index (χ1n) is 10.9. The first kappa shape index (κ1) is 21.6. The average molecular weight is 439 g/mol. The lowest BCUT2D eigenvalue weighted by Gasteiger charge is -2.30.